The SMILES string of the molecule is OCC(Cl)COC1OCCC1Cl. The van der Waals surface area contributed by atoms with Gasteiger partial charge in [0, 0.05) is 0 Å². The third-order valence-electron chi connectivity index (χ3n) is 1.61. The van der Waals surface area contributed by atoms with Gasteiger partial charge in [0.25, 0.3) is 0 Å². The van der Waals surface area contributed by atoms with Crippen molar-refractivity contribution in [1.82, 2.24) is 0 Å². The van der Waals surface area contributed by atoms with Gasteiger partial charge in [-0.1, -0.05) is 0 Å². The normalized spacial score (nSPS) is 32.2. The zero-order valence-electron chi connectivity index (χ0n) is 6.58. The average molecular weight is 215 g/mol. The molecule has 0 amide bonds. The summed E-state index contributed by atoms with van der Waals surface area (Å²) < 4.78 is 10.4. The zero-order valence-corrected chi connectivity index (χ0v) is 8.09. The summed E-state index contributed by atoms with van der Waals surface area (Å²) in [6.07, 6.45) is 0.442. The second kappa shape index (κ2) is 5.25. The summed E-state index contributed by atoms with van der Waals surface area (Å²) in [7, 11) is 0. The molecule has 72 valence electrons. The Morgan fingerprint density at radius 1 is 1.67 bits per heavy atom. The van der Waals surface area contributed by atoms with E-state index in [9.17, 15) is 0 Å². The van der Waals surface area contributed by atoms with Gasteiger partial charge in [-0.05, 0) is 6.42 Å². The first kappa shape index (κ1) is 10.5. The van der Waals surface area contributed by atoms with Crippen LogP contribution >= 0.6 is 23.2 Å². The van der Waals surface area contributed by atoms with Gasteiger partial charge < -0.3 is 14.6 Å². The smallest absolute Gasteiger partial charge is 0.173 e. The highest BCUT2D eigenvalue weighted by Gasteiger charge is 2.27. The summed E-state index contributed by atoms with van der Waals surface area (Å²) in [5.74, 6) is 0. The molecule has 3 unspecified atom stereocenters. The number of alkyl halides is 2. The lowest BCUT2D eigenvalue weighted by Crippen LogP contribution is -2.25. The summed E-state index contributed by atoms with van der Waals surface area (Å²) in [5.41, 5.74) is 0. The number of aliphatic hydroxyl groups excluding tert-OH is 1. The molecule has 1 N–H and O–H groups in total. The molecule has 0 spiro atoms. The molecule has 1 heterocycles. The molecule has 0 aromatic carbocycles. The predicted molar refractivity (Wildman–Crippen MR) is 46.7 cm³/mol. The second-order valence-electron chi connectivity index (χ2n) is 2.66. The maximum absolute atomic E-state index is 8.59. The van der Waals surface area contributed by atoms with Crippen molar-refractivity contribution in [3.05, 3.63) is 0 Å². The Labute approximate surface area is 81.6 Å². The molecule has 12 heavy (non-hydrogen) atoms. The standard InChI is InChI=1S/C7H12Cl2O3/c8-5(3-10)4-12-7-6(9)1-2-11-7/h5-7,10H,1-4H2. The van der Waals surface area contributed by atoms with Crippen LogP contribution in [0, 0.1) is 0 Å². The molecule has 0 saturated carbocycles. The zero-order chi connectivity index (χ0) is 8.97. The quantitative estimate of drug-likeness (QED) is 0.709. The Kier molecular flexibility index (Phi) is 4.61. The van der Waals surface area contributed by atoms with Gasteiger partial charge in [-0.3, -0.25) is 0 Å². The molecule has 0 aromatic heterocycles. The van der Waals surface area contributed by atoms with E-state index >= 15 is 0 Å². The minimum Gasteiger partial charge on any atom is -0.395 e. The van der Waals surface area contributed by atoms with E-state index < -0.39 is 0 Å². The highest BCUT2D eigenvalue weighted by Crippen LogP contribution is 2.20. The van der Waals surface area contributed by atoms with E-state index in [1.165, 1.54) is 0 Å². The first-order valence-electron chi connectivity index (χ1n) is 3.86. The lowest BCUT2D eigenvalue weighted by Gasteiger charge is -2.15. The van der Waals surface area contributed by atoms with Crippen LogP contribution in [0.25, 0.3) is 0 Å². The van der Waals surface area contributed by atoms with Crippen LogP contribution in [0.3, 0.4) is 0 Å². The Bertz CT molecular complexity index is 134. The van der Waals surface area contributed by atoms with Gasteiger partial charge in [0.2, 0.25) is 0 Å². The van der Waals surface area contributed by atoms with E-state index in [4.69, 9.17) is 37.8 Å². The molecule has 0 aliphatic carbocycles. The minimum absolute atomic E-state index is 0.0902. The van der Waals surface area contributed by atoms with Crippen molar-refractivity contribution in [2.75, 3.05) is 19.8 Å². The molecular formula is C7H12Cl2O3. The number of halogens is 2. The number of hydrogen-bond donors (Lipinski definition) is 1. The van der Waals surface area contributed by atoms with Crippen LogP contribution in [0.5, 0.6) is 0 Å². The van der Waals surface area contributed by atoms with Crippen molar-refractivity contribution in [3.63, 3.8) is 0 Å². The fourth-order valence-corrected chi connectivity index (χ4v) is 1.25. The third-order valence-corrected chi connectivity index (χ3v) is 2.30. The topological polar surface area (TPSA) is 38.7 Å². The minimum atomic E-state index is -0.377. The lowest BCUT2D eigenvalue weighted by molar-refractivity contribution is -0.110. The van der Waals surface area contributed by atoms with Crippen molar-refractivity contribution in [1.29, 1.82) is 0 Å². The number of aliphatic hydroxyl groups is 1. The lowest BCUT2D eigenvalue weighted by atomic mass is 10.3. The average Bonchev–Trinajstić information content (AvgIpc) is 2.47. The molecule has 1 aliphatic heterocycles. The van der Waals surface area contributed by atoms with Gasteiger partial charge in [0.15, 0.2) is 6.29 Å². The van der Waals surface area contributed by atoms with E-state index in [1.54, 1.807) is 0 Å². The Hall–Kier alpha value is 0.460. The van der Waals surface area contributed by atoms with Gasteiger partial charge in [0.1, 0.15) is 0 Å². The van der Waals surface area contributed by atoms with Crippen LogP contribution in [0.15, 0.2) is 0 Å². The van der Waals surface area contributed by atoms with Gasteiger partial charge >= 0.3 is 0 Å². The van der Waals surface area contributed by atoms with Crippen molar-refractivity contribution in [2.45, 2.75) is 23.5 Å². The van der Waals surface area contributed by atoms with Gasteiger partial charge in [0.05, 0.1) is 30.6 Å². The van der Waals surface area contributed by atoms with E-state index in [0.29, 0.717) is 6.61 Å². The molecule has 5 heteroatoms. The van der Waals surface area contributed by atoms with Crippen LogP contribution in [0.2, 0.25) is 0 Å². The molecule has 3 atom stereocenters. The molecule has 1 rings (SSSR count). The molecule has 1 aliphatic rings. The van der Waals surface area contributed by atoms with Crippen molar-refractivity contribution < 1.29 is 14.6 Å². The predicted octanol–water partition coefficient (Wildman–Crippen LogP) is 0.956. The van der Waals surface area contributed by atoms with Gasteiger partial charge in [-0.15, -0.1) is 23.2 Å². The molecule has 3 nitrogen and oxygen atoms in total. The number of ether oxygens (including phenoxy) is 2. The Morgan fingerprint density at radius 2 is 2.42 bits per heavy atom. The maximum atomic E-state index is 8.59. The second-order valence-corrected chi connectivity index (χ2v) is 3.83. The molecule has 0 radical (unpaired) electrons. The highest BCUT2D eigenvalue weighted by molar-refractivity contribution is 6.21. The van der Waals surface area contributed by atoms with E-state index in [1.807, 2.05) is 0 Å². The largest absolute Gasteiger partial charge is 0.395 e. The van der Waals surface area contributed by atoms with Crippen molar-refractivity contribution in [2.24, 2.45) is 0 Å². The van der Waals surface area contributed by atoms with Crippen LogP contribution in [0.1, 0.15) is 6.42 Å². The van der Waals surface area contributed by atoms with E-state index in [0.717, 1.165) is 6.42 Å². The molecular weight excluding hydrogens is 203 g/mol. The van der Waals surface area contributed by atoms with Crippen molar-refractivity contribution >= 4 is 23.2 Å². The Morgan fingerprint density at radius 3 is 2.92 bits per heavy atom. The van der Waals surface area contributed by atoms with Crippen LogP contribution in [0.4, 0.5) is 0 Å². The number of hydrogen-bond acceptors (Lipinski definition) is 3. The summed E-state index contributed by atoms with van der Waals surface area (Å²) in [6, 6.07) is 0. The summed E-state index contributed by atoms with van der Waals surface area (Å²) in [5, 5.41) is 8.12. The molecule has 0 aromatic rings. The monoisotopic (exact) mass is 214 g/mol. The summed E-state index contributed by atoms with van der Waals surface area (Å²) in [4.78, 5) is 0. The summed E-state index contributed by atoms with van der Waals surface area (Å²) >= 11 is 11.5. The van der Waals surface area contributed by atoms with E-state index in [-0.39, 0.29) is 30.3 Å². The molecule has 1 saturated heterocycles. The summed E-state index contributed by atoms with van der Waals surface area (Å²) in [6.45, 7) is 0.804. The fourth-order valence-electron chi connectivity index (χ4n) is 0.942. The van der Waals surface area contributed by atoms with Crippen LogP contribution in [-0.4, -0.2) is 42.0 Å². The first-order chi connectivity index (χ1) is 5.74. The highest BCUT2D eigenvalue weighted by atomic mass is 35.5. The maximum Gasteiger partial charge on any atom is 0.173 e. The Balaban J connectivity index is 2.13. The van der Waals surface area contributed by atoms with Gasteiger partial charge in [-0.25, -0.2) is 0 Å². The first-order valence-corrected chi connectivity index (χ1v) is 4.73. The number of rotatable bonds is 4. The van der Waals surface area contributed by atoms with Crippen LogP contribution in [-0.2, 0) is 9.47 Å². The fraction of sp³-hybridized carbons (Fsp3) is 1.00. The third kappa shape index (κ3) is 3.07. The van der Waals surface area contributed by atoms with Gasteiger partial charge in [-0.2, -0.15) is 0 Å². The molecule has 1 fully saturated rings. The molecule has 0 bridgehead atoms. The van der Waals surface area contributed by atoms with E-state index in [2.05, 4.69) is 0 Å². The van der Waals surface area contributed by atoms with Crippen LogP contribution < -0.4 is 0 Å². The van der Waals surface area contributed by atoms with Crippen molar-refractivity contribution in [3.8, 4) is 0 Å².